The Hall–Kier alpha value is -1.55. The number of rotatable bonds is 6. The van der Waals surface area contributed by atoms with Crippen molar-refractivity contribution >= 4 is 5.91 Å². The molecule has 2 heterocycles. The molecular weight excluding hydrogens is 324 g/mol. The Morgan fingerprint density at radius 3 is 2.58 bits per heavy atom. The van der Waals surface area contributed by atoms with Gasteiger partial charge < -0.3 is 15.0 Å². The molecule has 2 atom stereocenters. The number of carbonyl (C=O) groups excluding carboxylic acids is 1. The number of ether oxygens (including phenoxy) is 1. The summed E-state index contributed by atoms with van der Waals surface area (Å²) in [4.78, 5) is 14.9. The van der Waals surface area contributed by atoms with E-state index in [1.54, 1.807) is 0 Å². The fraction of sp³-hybridized carbons (Fsp3) is 0.682. The number of piperidine rings is 2. The molecule has 2 aliphatic heterocycles. The van der Waals surface area contributed by atoms with E-state index in [2.05, 4.69) is 41.4 Å². The van der Waals surface area contributed by atoms with Crippen molar-refractivity contribution in [2.45, 2.75) is 58.4 Å². The van der Waals surface area contributed by atoms with Crippen molar-refractivity contribution < 1.29 is 9.53 Å². The highest BCUT2D eigenvalue weighted by molar-refractivity contribution is 5.79. The number of nitrogens with zero attached hydrogens (tertiary/aromatic N) is 1. The molecule has 0 spiro atoms. The number of nitrogens with one attached hydrogen (secondary N) is 1. The maximum Gasteiger partial charge on any atom is 0.225 e. The third kappa shape index (κ3) is 5.23. The van der Waals surface area contributed by atoms with Crippen LogP contribution in [0.25, 0.3) is 0 Å². The summed E-state index contributed by atoms with van der Waals surface area (Å²) < 4.78 is 5.50. The van der Waals surface area contributed by atoms with Gasteiger partial charge in [-0.3, -0.25) is 4.79 Å². The summed E-state index contributed by atoms with van der Waals surface area (Å²) in [5, 5.41) is 3.44. The Morgan fingerprint density at radius 1 is 1.19 bits per heavy atom. The summed E-state index contributed by atoms with van der Waals surface area (Å²) in [5.74, 6) is 2.35. The number of hydrogen-bond donors (Lipinski definition) is 1. The first-order valence-electron chi connectivity index (χ1n) is 10.4. The van der Waals surface area contributed by atoms with Crippen molar-refractivity contribution in [2.24, 2.45) is 11.8 Å². The molecule has 0 saturated carbocycles. The van der Waals surface area contributed by atoms with Gasteiger partial charge >= 0.3 is 0 Å². The average Bonchev–Trinajstić information content (AvgIpc) is 2.67. The minimum absolute atomic E-state index is 0.242. The van der Waals surface area contributed by atoms with E-state index in [0.717, 1.165) is 63.4 Å². The zero-order valence-electron chi connectivity index (χ0n) is 16.4. The predicted octanol–water partition coefficient (Wildman–Crippen LogP) is 3.64. The highest BCUT2D eigenvalue weighted by atomic mass is 16.5. The molecule has 0 bridgehead atoms. The van der Waals surface area contributed by atoms with E-state index in [1.165, 1.54) is 12.0 Å². The first kappa shape index (κ1) is 19.2. The monoisotopic (exact) mass is 358 g/mol. The number of aryl methyl sites for hydroxylation is 1. The van der Waals surface area contributed by atoms with Gasteiger partial charge in [-0.25, -0.2) is 0 Å². The quantitative estimate of drug-likeness (QED) is 0.844. The van der Waals surface area contributed by atoms with E-state index >= 15 is 0 Å². The summed E-state index contributed by atoms with van der Waals surface area (Å²) in [5.41, 5.74) is 1.38. The topological polar surface area (TPSA) is 41.6 Å². The number of likely N-dealkylation sites (tertiary alicyclic amines) is 1. The van der Waals surface area contributed by atoms with E-state index in [1.807, 2.05) is 6.92 Å². The molecule has 4 heteroatoms. The Labute approximate surface area is 158 Å². The fourth-order valence-corrected chi connectivity index (χ4v) is 4.35. The number of amides is 1. The van der Waals surface area contributed by atoms with E-state index in [0.29, 0.717) is 18.6 Å². The molecule has 4 nitrogen and oxygen atoms in total. The zero-order valence-corrected chi connectivity index (χ0v) is 16.4. The molecule has 1 aromatic carbocycles. The molecule has 26 heavy (non-hydrogen) atoms. The van der Waals surface area contributed by atoms with Gasteiger partial charge in [0.15, 0.2) is 0 Å². The van der Waals surface area contributed by atoms with Crippen LogP contribution in [0.15, 0.2) is 24.3 Å². The van der Waals surface area contributed by atoms with E-state index in [9.17, 15) is 4.79 Å². The Morgan fingerprint density at radius 2 is 1.92 bits per heavy atom. The van der Waals surface area contributed by atoms with Gasteiger partial charge in [0, 0.05) is 25.0 Å². The van der Waals surface area contributed by atoms with Gasteiger partial charge in [-0.1, -0.05) is 12.1 Å². The summed E-state index contributed by atoms with van der Waals surface area (Å²) in [7, 11) is 0. The third-order valence-electron chi connectivity index (χ3n) is 5.97. The van der Waals surface area contributed by atoms with Crippen LogP contribution in [0.2, 0.25) is 0 Å². The van der Waals surface area contributed by atoms with Crippen molar-refractivity contribution in [1.82, 2.24) is 10.2 Å². The summed E-state index contributed by atoms with van der Waals surface area (Å²) in [6.07, 6.45) is 6.65. The van der Waals surface area contributed by atoms with Crippen LogP contribution in [-0.2, 0) is 11.2 Å². The molecule has 0 aliphatic carbocycles. The van der Waals surface area contributed by atoms with E-state index < -0.39 is 0 Å². The number of benzene rings is 1. The van der Waals surface area contributed by atoms with Crippen LogP contribution in [0.4, 0.5) is 0 Å². The second kappa shape index (κ2) is 9.40. The Bertz CT molecular complexity index is 564. The minimum Gasteiger partial charge on any atom is -0.494 e. The van der Waals surface area contributed by atoms with E-state index in [4.69, 9.17) is 4.74 Å². The van der Waals surface area contributed by atoms with Gasteiger partial charge in [0.05, 0.1) is 6.61 Å². The Kier molecular flexibility index (Phi) is 6.95. The molecule has 0 aromatic heterocycles. The minimum atomic E-state index is 0.242. The zero-order chi connectivity index (χ0) is 18.4. The molecule has 2 fully saturated rings. The van der Waals surface area contributed by atoms with Gasteiger partial charge in [-0.05, 0) is 82.5 Å². The van der Waals surface area contributed by atoms with Crippen molar-refractivity contribution in [3.05, 3.63) is 29.8 Å². The van der Waals surface area contributed by atoms with Gasteiger partial charge in [0.25, 0.3) is 0 Å². The highest BCUT2D eigenvalue weighted by Crippen LogP contribution is 2.26. The smallest absolute Gasteiger partial charge is 0.225 e. The predicted molar refractivity (Wildman–Crippen MR) is 105 cm³/mol. The van der Waals surface area contributed by atoms with Crippen LogP contribution < -0.4 is 10.1 Å². The molecule has 2 saturated heterocycles. The second-order valence-corrected chi connectivity index (χ2v) is 7.96. The lowest BCUT2D eigenvalue weighted by molar-refractivity contribution is -0.138. The third-order valence-corrected chi connectivity index (χ3v) is 5.97. The maximum atomic E-state index is 12.8. The average molecular weight is 359 g/mol. The SMILES string of the molecule is CCOc1ccc(CCC2CCN(C(=O)[C@H]3CCN[C@@H](C)C3)CC2)cc1. The largest absolute Gasteiger partial charge is 0.494 e. The molecule has 144 valence electrons. The molecule has 1 amide bonds. The fourth-order valence-electron chi connectivity index (χ4n) is 4.35. The van der Waals surface area contributed by atoms with Crippen LogP contribution in [0.1, 0.15) is 51.5 Å². The van der Waals surface area contributed by atoms with Gasteiger partial charge in [0.2, 0.25) is 5.91 Å². The summed E-state index contributed by atoms with van der Waals surface area (Å²) in [6, 6.07) is 8.98. The van der Waals surface area contributed by atoms with Crippen LogP contribution in [0.5, 0.6) is 5.75 Å². The molecule has 1 aromatic rings. The van der Waals surface area contributed by atoms with Crippen LogP contribution in [0.3, 0.4) is 0 Å². The lowest BCUT2D eigenvalue weighted by Crippen LogP contribution is -2.46. The van der Waals surface area contributed by atoms with Crippen molar-refractivity contribution in [3.8, 4) is 5.75 Å². The lowest BCUT2D eigenvalue weighted by Gasteiger charge is -2.36. The van der Waals surface area contributed by atoms with Gasteiger partial charge in [-0.2, -0.15) is 0 Å². The Balaban J connectivity index is 1.40. The standard InChI is InChI=1S/C22H34N2O2/c1-3-26-21-8-6-18(7-9-21)4-5-19-11-14-24(15-12-19)22(25)20-10-13-23-17(2)16-20/h6-9,17,19-20,23H,3-5,10-16H2,1-2H3/t17-,20-/m0/s1. The molecule has 3 rings (SSSR count). The molecule has 1 N–H and O–H groups in total. The number of carbonyl (C=O) groups is 1. The van der Waals surface area contributed by atoms with Gasteiger partial charge in [-0.15, -0.1) is 0 Å². The first-order valence-corrected chi connectivity index (χ1v) is 10.4. The van der Waals surface area contributed by atoms with Crippen molar-refractivity contribution in [1.29, 1.82) is 0 Å². The number of hydrogen-bond acceptors (Lipinski definition) is 3. The molecule has 0 radical (unpaired) electrons. The first-order chi connectivity index (χ1) is 12.7. The second-order valence-electron chi connectivity index (χ2n) is 7.96. The van der Waals surface area contributed by atoms with E-state index in [-0.39, 0.29) is 5.92 Å². The molecule has 0 unspecified atom stereocenters. The maximum absolute atomic E-state index is 12.8. The van der Waals surface area contributed by atoms with Crippen molar-refractivity contribution in [3.63, 3.8) is 0 Å². The normalized spacial score (nSPS) is 24.5. The van der Waals surface area contributed by atoms with Crippen LogP contribution in [0, 0.1) is 11.8 Å². The summed E-state index contributed by atoms with van der Waals surface area (Å²) >= 11 is 0. The highest BCUT2D eigenvalue weighted by Gasteiger charge is 2.30. The van der Waals surface area contributed by atoms with Gasteiger partial charge in [0.1, 0.15) is 5.75 Å². The summed E-state index contributed by atoms with van der Waals surface area (Å²) in [6.45, 7) is 7.79. The van der Waals surface area contributed by atoms with Crippen molar-refractivity contribution in [2.75, 3.05) is 26.2 Å². The van der Waals surface area contributed by atoms with Crippen LogP contribution >= 0.6 is 0 Å². The lowest BCUT2D eigenvalue weighted by atomic mass is 9.88. The molecule has 2 aliphatic rings. The van der Waals surface area contributed by atoms with Crippen LogP contribution in [-0.4, -0.2) is 43.1 Å². The molecular formula is C22H34N2O2.